The number of nitrogens with zero attached hydrogens (tertiary/aromatic N) is 4. The van der Waals surface area contributed by atoms with Crippen molar-refractivity contribution in [1.29, 1.82) is 0 Å². The average molecular weight is 386 g/mol. The first-order chi connectivity index (χ1) is 13.1. The highest BCUT2D eigenvalue weighted by atomic mass is 16.4. The molecule has 0 fully saturated rings. The van der Waals surface area contributed by atoms with E-state index in [0.717, 1.165) is 10.2 Å². The monoisotopic (exact) mass is 386 g/mol. The Morgan fingerprint density at radius 2 is 1.96 bits per heavy atom. The van der Waals surface area contributed by atoms with Gasteiger partial charge in [0, 0.05) is 12.1 Å². The second-order valence-electron chi connectivity index (χ2n) is 7.73. The maximum absolute atomic E-state index is 13.1. The third-order valence-corrected chi connectivity index (χ3v) is 5.07. The van der Waals surface area contributed by atoms with Crippen LogP contribution in [-0.2, 0) is 12.1 Å². The Morgan fingerprint density at radius 1 is 1.32 bits per heavy atom. The molecule has 150 valence electrons. The summed E-state index contributed by atoms with van der Waals surface area (Å²) in [4.78, 5) is 28.1. The number of nitrogens with two attached hydrogens (primary N) is 1. The normalized spacial score (nSPS) is 16.1. The van der Waals surface area contributed by atoms with Crippen LogP contribution in [0.3, 0.4) is 0 Å². The lowest BCUT2D eigenvalue weighted by Crippen LogP contribution is -2.48. The number of carboxylic acid groups (broad SMARTS) is 1. The zero-order chi connectivity index (χ0) is 20.6. The van der Waals surface area contributed by atoms with E-state index in [0.29, 0.717) is 17.8 Å². The lowest BCUT2D eigenvalue weighted by atomic mass is 10.0. The zero-order valence-electron chi connectivity index (χ0n) is 16.5. The van der Waals surface area contributed by atoms with Crippen LogP contribution in [0.4, 0.5) is 15.4 Å². The van der Waals surface area contributed by atoms with Crippen LogP contribution in [0.25, 0.3) is 0 Å². The van der Waals surface area contributed by atoms with Crippen LogP contribution < -0.4 is 11.1 Å². The number of amides is 2. The molecule has 0 radical (unpaired) electrons. The molecule has 1 unspecified atom stereocenters. The van der Waals surface area contributed by atoms with Gasteiger partial charge in [0.15, 0.2) is 0 Å². The molecule has 2 amide bonds. The number of nitrogen functional groups attached to an aromatic ring is 1. The number of likely N-dealkylation sites (N-methyl/N-ethyl adjacent to an activating group) is 1. The number of hydrogen-bond donors (Lipinski definition) is 3. The molecular weight excluding hydrogens is 360 g/mol. The number of aromatic nitrogens is 2. The maximum atomic E-state index is 13.1. The number of benzene rings is 1. The van der Waals surface area contributed by atoms with Crippen LogP contribution in [0.5, 0.6) is 0 Å². The summed E-state index contributed by atoms with van der Waals surface area (Å²) in [5.41, 5.74) is 7.26. The zero-order valence-corrected chi connectivity index (χ0v) is 16.5. The smallest absolute Gasteiger partial charge is 0.434 e. The lowest BCUT2D eigenvalue weighted by molar-refractivity contribution is 0.137. The van der Waals surface area contributed by atoms with Gasteiger partial charge in [-0.1, -0.05) is 30.3 Å². The molecule has 3 rings (SSSR count). The highest BCUT2D eigenvalue weighted by molar-refractivity contribution is 5.79. The molecule has 1 aliphatic rings. The minimum atomic E-state index is -1.24. The molecule has 0 aliphatic carbocycles. The fourth-order valence-electron chi connectivity index (χ4n) is 3.58. The van der Waals surface area contributed by atoms with Crippen LogP contribution in [0, 0.1) is 0 Å². The molecule has 0 spiro atoms. The molecule has 1 aromatic carbocycles. The average Bonchev–Trinajstić information content (AvgIpc) is 3.09. The molecule has 0 bridgehead atoms. The summed E-state index contributed by atoms with van der Waals surface area (Å²) in [6.07, 6.45) is -1.24. The Bertz CT molecular complexity index is 891. The molecule has 9 nitrogen and oxygen atoms in total. The molecule has 2 heterocycles. The summed E-state index contributed by atoms with van der Waals surface area (Å²) in [6.45, 7) is 4.51. The second kappa shape index (κ2) is 7.16. The van der Waals surface area contributed by atoms with E-state index in [1.807, 2.05) is 63.2 Å². The van der Waals surface area contributed by atoms with Gasteiger partial charge >= 0.3 is 12.1 Å². The first-order valence-electron chi connectivity index (χ1n) is 9.02. The van der Waals surface area contributed by atoms with E-state index in [2.05, 4.69) is 10.4 Å². The summed E-state index contributed by atoms with van der Waals surface area (Å²) < 4.78 is 0.764. The van der Waals surface area contributed by atoms with E-state index in [9.17, 15) is 14.7 Å². The van der Waals surface area contributed by atoms with E-state index in [1.54, 1.807) is 4.90 Å². The van der Waals surface area contributed by atoms with Gasteiger partial charge in [0.2, 0.25) is 0 Å². The number of urea groups is 1. The predicted molar refractivity (Wildman–Crippen MR) is 105 cm³/mol. The highest BCUT2D eigenvalue weighted by Gasteiger charge is 2.45. The summed E-state index contributed by atoms with van der Waals surface area (Å²) in [5.74, 6) is 0.0544. The van der Waals surface area contributed by atoms with E-state index in [4.69, 9.17) is 5.73 Å². The molecule has 1 aromatic heterocycles. The van der Waals surface area contributed by atoms with E-state index < -0.39 is 11.6 Å². The number of carbonyl (C=O) groups is 2. The Kier molecular flexibility index (Phi) is 5.03. The predicted octanol–water partition coefficient (Wildman–Crippen LogP) is 2.05. The third-order valence-electron chi connectivity index (χ3n) is 5.07. The standard InChI is InChI=1S/C19H26N6O3/c1-19(2)15-13(16(20)25(22-15)18(27)28)10-24(19)17(26)21-14(11-23(3)4)12-8-6-5-7-9-12/h5-9,14H,10-11,20H2,1-4H3,(H,21,26)(H,27,28). The van der Waals surface area contributed by atoms with E-state index >= 15 is 0 Å². The molecule has 1 aliphatic heterocycles. The Hall–Kier alpha value is -3.07. The van der Waals surface area contributed by atoms with Crippen LogP contribution in [-0.4, -0.2) is 57.5 Å². The summed E-state index contributed by atoms with van der Waals surface area (Å²) in [6, 6.07) is 9.33. The molecule has 0 saturated heterocycles. The van der Waals surface area contributed by atoms with Crippen molar-refractivity contribution >= 4 is 17.9 Å². The van der Waals surface area contributed by atoms with Crippen molar-refractivity contribution in [2.24, 2.45) is 0 Å². The molecule has 9 heteroatoms. The van der Waals surface area contributed by atoms with Crippen molar-refractivity contribution in [3.8, 4) is 0 Å². The SMILES string of the molecule is CN(C)CC(NC(=O)N1Cc2c(nn(C(=O)O)c2N)C1(C)C)c1ccccc1. The van der Waals surface area contributed by atoms with Crippen molar-refractivity contribution in [3.05, 3.63) is 47.2 Å². The van der Waals surface area contributed by atoms with Gasteiger partial charge in [0.05, 0.1) is 23.8 Å². The van der Waals surface area contributed by atoms with E-state index in [-0.39, 0.29) is 24.4 Å². The topological polar surface area (TPSA) is 117 Å². The Labute approximate surface area is 163 Å². The Balaban J connectivity index is 1.84. The second-order valence-corrected chi connectivity index (χ2v) is 7.73. The van der Waals surface area contributed by atoms with Gasteiger partial charge in [0.1, 0.15) is 5.82 Å². The number of hydrogen-bond acceptors (Lipinski definition) is 5. The molecule has 4 N–H and O–H groups in total. The number of carbonyl (C=O) groups excluding carboxylic acids is 1. The summed E-state index contributed by atoms with van der Waals surface area (Å²) in [7, 11) is 3.90. The van der Waals surface area contributed by atoms with Crippen molar-refractivity contribution in [2.45, 2.75) is 32.0 Å². The third kappa shape index (κ3) is 3.40. The van der Waals surface area contributed by atoms with Crippen molar-refractivity contribution in [2.75, 3.05) is 26.4 Å². The van der Waals surface area contributed by atoms with Crippen LogP contribution in [0.1, 0.15) is 36.7 Å². The van der Waals surface area contributed by atoms with Crippen molar-refractivity contribution < 1.29 is 14.7 Å². The van der Waals surface area contributed by atoms with Gasteiger partial charge in [-0.05, 0) is 33.5 Å². The van der Waals surface area contributed by atoms with E-state index in [1.165, 1.54) is 0 Å². The number of rotatable bonds is 4. The van der Waals surface area contributed by atoms with Gasteiger partial charge in [-0.15, -0.1) is 4.68 Å². The minimum absolute atomic E-state index is 0.0544. The quantitative estimate of drug-likeness (QED) is 0.740. The van der Waals surface area contributed by atoms with Crippen LogP contribution in [0.2, 0.25) is 0 Å². The molecular formula is C19H26N6O3. The highest BCUT2D eigenvalue weighted by Crippen LogP contribution is 2.40. The summed E-state index contributed by atoms with van der Waals surface area (Å²) >= 11 is 0. The van der Waals surface area contributed by atoms with Gasteiger partial charge in [-0.2, -0.15) is 5.10 Å². The van der Waals surface area contributed by atoms with Crippen LogP contribution >= 0.6 is 0 Å². The molecule has 1 atom stereocenters. The van der Waals surface area contributed by atoms with Gasteiger partial charge in [0.25, 0.3) is 0 Å². The van der Waals surface area contributed by atoms with Gasteiger partial charge in [-0.25, -0.2) is 9.59 Å². The fraction of sp³-hybridized carbons (Fsp3) is 0.421. The number of nitrogens with one attached hydrogen (secondary N) is 1. The van der Waals surface area contributed by atoms with Gasteiger partial charge < -0.3 is 26.0 Å². The molecule has 0 saturated carbocycles. The fourth-order valence-corrected chi connectivity index (χ4v) is 3.58. The largest absolute Gasteiger partial charge is 0.463 e. The number of anilines is 1. The molecule has 28 heavy (non-hydrogen) atoms. The summed E-state index contributed by atoms with van der Waals surface area (Å²) in [5, 5.41) is 16.4. The maximum Gasteiger partial charge on any atom is 0.434 e. The van der Waals surface area contributed by atoms with Gasteiger partial charge in [-0.3, -0.25) is 0 Å². The van der Waals surface area contributed by atoms with Crippen LogP contribution in [0.15, 0.2) is 30.3 Å². The van der Waals surface area contributed by atoms with Crippen molar-refractivity contribution in [1.82, 2.24) is 24.9 Å². The lowest BCUT2D eigenvalue weighted by Gasteiger charge is -2.34. The first-order valence-corrected chi connectivity index (χ1v) is 9.02. The Morgan fingerprint density at radius 3 is 2.50 bits per heavy atom. The number of fused-ring (bicyclic) bond motifs is 1. The first kappa shape index (κ1) is 19.7. The molecule has 2 aromatic rings. The van der Waals surface area contributed by atoms with Crippen molar-refractivity contribution in [3.63, 3.8) is 0 Å². The minimum Gasteiger partial charge on any atom is -0.463 e.